The first-order chi connectivity index (χ1) is 8.90. The van der Waals surface area contributed by atoms with Crippen molar-refractivity contribution in [1.29, 1.82) is 0 Å². The van der Waals surface area contributed by atoms with Crippen molar-refractivity contribution < 1.29 is 30.0 Å². The summed E-state index contributed by atoms with van der Waals surface area (Å²) in [6.07, 6.45) is -0.967. The molecule has 19 heavy (non-hydrogen) atoms. The number of phenolic OH excluding ortho intramolecular Hbond substituents is 2. The Morgan fingerprint density at radius 3 is 2.58 bits per heavy atom. The van der Waals surface area contributed by atoms with Crippen molar-refractivity contribution in [1.82, 2.24) is 4.90 Å². The Labute approximate surface area is 108 Å². The minimum atomic E-state index is -1.22. The maximum Gasteiger partial charge on any atom is 0.326 e. The lowest BCUT2D eigenvalue weighted by Gasteiger charge is -2.21. The highest BCUT2D eigenvalue weighted by Gasteiger charge is 2.39. The van der Waals surface area contributed by atoms with Crippen molar-refractivity contribution in [3.8, 4) is 11.5 Å². The van der Waals surface area contributed by atoms with E-state index in [0.717, 1.165) is 17.0 Å². The van der Waals surface area contributed by atoms with Crippen LogP contribution < -0.4 is 0 Å². The quantitative estimate of drug-likeness (QED) is 0.549. The van der Waals surface area contributed by atoms with Crippen LogP contribution in [0, 0.1) is 0 Å². The summed E-state index contributed by atoms with van der Waals surface area (Å²) in [4.78, 5) is 24.2. The predicted molar refractivity (Wildman–Crippen MR) is 62.9 cm³/mol. The summed E-state index contributed by atoms with van der Waals surface area (Å²) in [5.74, 6) is -2.53. The largest absolute Gasteiger partial charge is 0.508 e. The first-order valence-corrected chi connectivity index (χ1v) is 5.64. The lowest BCUT2D eigenvalue weighted by molar-refractivity contribution is -0.141. The van der Waals surface area contributed by atoms with E-state index in [0.29, 0.717) is 0 Å². The number of β-amino-alcohol motifs (C(OH)–C–C–N with tert-alkyl or cyclic N) is 1. The predicted octanol–water partition coefficient (Wildman–Crippen LogP) is -0.242. The fourth-order valence-corrected chi connectivity index (χ4v) is 2.12. The third-order valence-corrected chi connectivity index (χ3v) is 3.04. The van der Waals surface area contributed by atoms with Gasteiger partial charge in [0, 0.05) is 13.0 Å². The minimum absolute atomic E-state index is 0.0549. The summed E-state index contributed by atoms with van der Waals surface area (Å²) in [7, 11) is 0. The van der Waals surface area contributed by atoms with E-state index < -0.39 is 24.0 Å². The minimum Gasteiger partial charge on any atom is -0.508 e. The number of aliphatic hydroxyl groups excluding tert-OH is 1. The number of phenols is 2. The average molecular weight is 267 g/mol. The lowest BCUT2D eigenvalue weighted by Crippen LogP contribution is -2.40. The molecule has 1 aromatic carbocycles. The number of carboxylic acid groups (broad SMARTS) is 1. The van der Waals surface area contributed by atoms with E-state index in [-0.39, 0.29) is 30.0 Å². The highest BCUT2D eigenvalue weighted by Crippen LogP contribution is 2.27. The van der Waals surface area contributed by atoms with Gasteiger partial charge < -0.3 is 25.3 Å². The van der Waals surface area contributed by atoms with E-state index in [1.807, 2.05) is 0 Å². The molecule has 102 valence electrons. The molecule has 2 atom stereocenters. The van der Waals surface area contributed by atoms with Crippen LogP contribution in [0.1, 0.15) is 16.8 Å². The first-order valence-electron chi connectivity index (χ1n) is 5.64. The average Bonchev–Trinajstić information content (AvgIpc) is 2.74. The Bertz CT molecular complexity index is 529. The van der Waals surface area contributed by atoms with E-state index in [1.54, 1.807) is 0 Å². The van der Waals surface area contributed by atoms with Crippen molar-refractivity contribution in [3.05, 3.63) is 23.8 Å². The molecule has 0 aromatic heterocycles. The summed E-state index contributed by atoms with van der Waals surface area (Å²) in [5, 5.41) is 37.4. The van der Waals surface area contributed by atoms with Gasteiger partial charge in [0.25, 0.3) is 5.91 Å². The normalized spacial score (nSPS) is 22.5. The Balaban J connectivity index is 2.33. The molecule has 4 N–H and O–H groups in total. The zero-order valence-corrected chi connectivity index (χ0v) is 9.85. The van der Waals surface area contributed by atoms with Crippen LogP contribution in [0.25, 0.3) is 0 Å². The molecule has 2 rings (SSSR count). The van der Waals surface area contributed by atoms with Gasteiger partial charge in [0.15, 0.2) is 0 Å². The van der Waals surface area contributed by atoms with E-state index in [4.69, 9.17) is 5.11 Å². The van der Waals surface area contributed by atoms with Crippen LogP contribution in [0.5, 0.6) is 11.5 Å². The maximum atomic E-state index is 12.2. The summed E-state index contributed by atoms with van der Waals surface area (Å²) in [5.41, 5.74) is -0.194. The van der Waals surface area contributed by atoms with Gasteiger partial charge in [-0.15, -0.1) is 0 Å². The van der Waals surface area contributed by atoms with Crippen molar-refractivity contribution in [2.45, 2.75) is 18.6 Å². The van der Waals surface area contributed by atoms with Gasteiger partial charge in [0.2, 0.25) is 0 Å². The third-order valence-electron chi connectivity index (χ3n) is 3.04. The SMILES string of the molecule is O=C(O)[C@@H]1CC(O)CN1C(=O)c1cc(O)ccc1O. The number of hydrogen-bond acceptors (Lipinski definition) is 5. The van der Waals surface area contributed by atoms with E-state index in [2.05, 4.69) is 0 Å². The van der Waals surface area contributed by atoms with Crippen LogP contribution in [0.4, 0.5) is 0 Å². The number of rotatable bonds is 2. The smallest absolute Gasteiger partial charge is 0.326 e. The van der Waals surface area contributed by atoms with Gasteiger partial charge in [-0.05, 0) is 18.2 Å². The molecule has 7 nitrogen and oxygen atoms in total. The molecule has 1 saturated heterocycles. The highest BCUT2D eigenvalue weighted by molar-refractivity contribution is 5.99. The molecule has 0 aliphatic carbocycles. The van der Waals surface area contributed by atoms with Gasteiger partial charge in [-0.1, -0.05) is 0 Å². The molecular weight excluding hydrogens is 254 g/mol. The third kappa shape index (κ3) is 2.45. The monoisotopic (exact) mass is 267 g/mol. The van der Waals surface area contributed by atoms with E-state index >= 15 is 0 Å². The number of aliphatic hydroxyl groups is 1. The fourth-order valence-electron chi connectivity index (χ4n) is 2.12. The Morgan fingerprint density at radius 1 is 1.26 bits per heavy atom. The molecule has 1 aliphatic heterocycles. The number of carbonyl (C=O) groups is 2. The molecule has 1 fully saturated rings. The number of aromatic hydroxyl groups is 2. The Kier molecular flexibility index (Phi) is 3.30. The van der Waals surface area contributed by atoms with Crippen LogP contribution in [0.3, 0.4) is 0 Å². The number of aliphatic carboxylic acids is 1. The zero-order chi connectivity index (χ0) is 14.2. The molecule has 1 unspecified atom stereocenters. The zero-order valence-electron chi connectivity index (χ0n) is 9.85. The first kappa shape index (κ1) is 13.2. The van der Waals surface area contributed by atoms with Crippen LogP contribution in [0.15, 0.2) is 18.2 Å². The molecule has 1 aliphatic rings. The fraction of sp³-hybridized carbons (Fsp3) is 0.333. The van der Waals surface area contributed by atoms with Gasteiger partial charge in [-0.2, -0.15) is 0 Å². The Hall–Kier alpha value is -2.28. The number of carbonyl (C=O) groups excluding carboxylic acids is 1. The summed E-state index contributed by atoms with van der Waals surface area (Å²) >= 11 is 0. The van der Waals surface area contributed by atoms with Crippen LogP contribution in [0.2, 0.25) is 0 Å². The van der Waals surface area contributed by atoms with E-state index in [1.165, 1.54) is 6.07 Å². The number of hydrogen-bond donors (Lipinski definition) is 4. The molecule has 1 heterocycles. The summed E-state index contributed by atoms with van der Waals surface area (Å²) < 4.78 is 0. The van der Waals surface area contributed by atoms with Crippen LogP contribution in [-0.2, 0) is 4.79 Å². The van der Waals surface area contributed by atoms with Gasteiger partial charge in [-0.25, -0.2) is 4.79 Å². The van der Waals surface area contributed by atoms with Crippen molar-refractivity contribution in [2.24, 2.45) is 0 Å². The van der Waals surface area contributed by atoms with Gasteiger partial charge >= 0.3 is 5.97 Å². The highest BCUT2D eigenvalue weighted by atomic mass is 16.4. The van der Waals surface area contributed by atoms with Crippen molar-refractivity contribution in [3.63, 3.8) is 0 Å². The number of likely N-dealkylation sites (tertiary alicyclic amines) is 1. The number of carboxylic acids is 1. The van der Waals surface area contributed by atoms with Gasteiger partial charge in [-0.3, -0.25) is 4.79 Å². The molecule has 1 aromatic rings. The summed E-state index contributed by atoms with van der Waals surface area (Å²) in [6, 6.07) is 2.27. The van der Waals surface area contributed by atoms with Crippen molar-refractivity contribution >= 4 is 11.9 Å². The molecule has 0 saturated carbocycles. The standard InChI is InChI=1S/C12H13NO6/c14-6-1-2-10(16)8(3-6)11(17)13-5-7(15)4-9(13)12(18)19/h1-3,7,9,14-16H,4-5H2,(H,18,19)/t7?,9-/m0/s1. The number of amides is 1. The molecule has 0 bridgehead atoms. The lowest BCUT2D eigenvalue weighted by atomic mass is 10.1. The molecule has 7 heteroatoms. The molecule has 1 amide bonds. The summed E-state index contributed by atoms with van der Waals surface area (Å²) in [6.45, 7) is -0.120. The second-order valence-electron chi connectivity index (χ2n) is 4.40. The molecular formula is C12H13NO6. The number of nitrogens with zero attached hydrogens (tertiary/aromatic N) is 1. The number of benzene rings is 1. The van der Waals surface area contributed by atoms with Gasteiger partial charge in [0.1, 0.15) is 17.5 Å². The van der Waals surface area contributed by atoms with Crippen molar-refractivity contribution in [2.75, 3.05) is 6.54 Å². The van der Waals surface area contributed by atoms with Gasteiger partial charge in [0.05, 0.1) is 11.7 Å². The van der Waals surface area contributed by atoms with Crippen LogP contribution in [-0.4, -0.2) is 55.9 Å². The second kappa shape index (κ2) is 4.77. The van der Waals surface area contributed by atoms with Crippen LogP contribution >= 0.6 is 0 Å². The molecule has 0 radical (unpaired) electrons. The molecule has 0 spiro atoms. The maximum absolute atomic E-state index is 12.2. The van der Waals surface area contributed by atoms with E-state index in [9.17, 15) is 24.9 Å². The second-order valence-corrected chi connectivity index (χ2v) is 4.40. The Morgan fingerprint density at radius 2 is 1.95 bits per heavy atom. The topological polar surface area (TPSA) is 118 Å².